The van der Waals surface area contributed by atoms with E-state index in [9.17, 15) is 0 Å². The van der Waals surface area contributed by atoms with E-state index >= 15 is 0 Å². The van der Waals surface area contributed by atoms with Crippen molar-refractivity contribution in [3.63, 3.8) is 0 Å². The summed E-state index contributed by atoms with van der Waals surface area (Å²) in [4.78, 5) is 4.42. The third-order valence-corrected chi connectivity index (χ3v) is 0.976. The molecule has 5 nitrogen and oxygen atoms in total. The molecule has 0 spiro atoms. The van der Waals surface area contributed by atoms with E-state index in [0.717, 1.165) is 0 Å². The van der Waals surface area contributed by atoms with Crippen LogP contribution in [0.5, 0.6) is 0 Å². The molecule has 2 rings (SSSR count). The van der Waals surface area contributed by atoms with Crippen LogP contribution in [0.2, 0.25) is 0 Å². The van der Waals surface area contributed by atoms with Crippen molar-refractivity contribution in [3.8, 4) is 0 Å². The predicted molar refractivity (Wildman–Crippen MR) is 41.4 cm³/mol. The molecule has 0 aromatic carbocycles. The quantitative estimate of drug-likeness (QED) is 0.579. The molecule has 0 aliphatic heterocycles. The molecule has 2 aromatic heterocycles. The van der Waals surface area contributed by atoms with Crippen molar-refractivity contribution < 1.29 is 5.21 Å². The van der Waals surface area contributed by atoms with Crippen LogP contribution < -0.4 is 0 Å². The zero-order chi connectivity index (χ0) is 8.65. The highest BCUT2D eigenvalue weighted by atomic mass is 16.5. The summed E-state index contributed by atoms with van der Waals surface area (Å²) in [5.41, 5.74) is 0. The number of nitrogens with zero attached hydrogens (tertiary/aromatic N) is 4. The molecular weight excluding hydrogens is 156 g/mol. The first-order chi connectivity index (χ1) is 5.89. The number of hydrogen-bond donors (Lipinski definition) is 1. The molecule has 0 aliphatic rings. The summed E-state index contributed by atoms with van der Waals surface area (Å²) in [6, 6.07) is 5.72. The maximum absolute atomic E-state index is 8.22. The molecule has 0 fully saturated rings. The molecule has 1 N–H and O–H groups in total. The van der Waals surface area contributed by atoms with Gasteiger partial charge in [0.05, 0.1) is 12.4 Å². The summed E-state index contributed by atoms with van der Waals surface area (Å²) < 4.78 is 0. The Bertz CT molecular complexity index is 255. The molecule has 0 radical (unpaired) electrons. The Morgan fingerprint density at radius 3 is 1.92 bits per heavy atom. The number of rotatable bonds is 0. The van der Waals surface area contributed by atoms with Crippen molar-refractivity contribution >= 4 is 0 Å². The Morgan fingerprint density at radius 2 is 1.75 bits per heavy atom. The van der Waals surface area contributed by atoms with Crippen molar-refractivity contribution in [2.45, 2.75) is 0 Å². The number of hydrogen-bond acceptors (Lipinski definition) is 4. The summed E-state index contributed by atoms with van der Waals surface area (Å²) in [5, 5.41) is 14.6. The minimum absolute atomic E-state index is 0.639. The standard InChI is InChI=1S/C5H5N.C2H3N3O/c1-2-4-6-5-3-1;6-5-2-1-3-4-5/h1-5H;1-2,6H. The minimum Gasteiger partial charge on any atom is -0.411 e. The van der Waals surface area contributed by atoms with Gasteiger partial charge in [0, 0.05) is 12.4 Å². The van der Waals surface area contributed by atoms with Gasteiger partial charge in [0.1, 0.15) is 0 Å². The zero-order valence-corrected chi connectivity index (χ0v) is 6.28. The summed E-state index contributed by atoms with van der Waals surface area (Å²) >= 11 is 0. The van der Waals surface area contributed by atoms with Crippen LogP contribution in [0, 0.1) is 0 Å². The van der Waals surface area contributed by atoms with Crippen molar-refractivity contribution in [2.24, 2.45) is 0 Å². The van der Waals surface area contributed by atoms with Gasteiger partial charge in [-0.15, -0.1) is 5.10 Å². The normalized spacial score (nSPS) is 8.33. The van der Waals surface area contributed by atoms with Crippen LogP contribution in [0.25, 0.3) is 0 Å². The van der Waals surface area contributed by atoms with Crippen molar-refractivity contribution in [1.29, 1.82) is 0 Å². The van der Waals surface area contributed by atoms with Crippen molar-refractivity contribution in [1.82, 2.24) is 20.1 Å². The second-order valence-electron chi connectivity index (χ2n) is 1.85. The summed E-state index contributed by atoms with van der Waals surface area (Å²) in [5.74, 6) is 0. The second kappa shape index (κ2) is 4.84. The van der Waals surface area contributed by atoms with Gasteiger partial charge in [-0.25, -0.2) is 0 Å². The van der Waals surface area contributed by atoms with Gasteiger partial charge in [-0.05, 0) is 17.3 Å². The Hall–Kier alpha value is -1.91. The topological polar surface area (TPSA) is 63.8 Å². The SMILES string of the molecule is On1ccnn1.c1ccncc1. The minimum atomic E-state index is 0.639. The molecule has 2 heterocycles. The molecule has 0 unspecified atom stereocenters. The van der Waals surface area contributed by atoms with Crippen LogP contribution >= 0.6 is 0 Å². The van der Waals surface area contributed by atoms with Crippen LogP contribution in [0.3, 0.4) is 0 Å². The van der Waals surface area contributed by atoms with Crippen LogP contribution in [0.15, 0.2) is 43.0 Å². The highest BCUT2D eigenvalue weighted by molar-refractivity contribution is 4.88. The lowest BCUT2D eigenvalue weighted by Crippen LogP contribution is -1.88. The average Bonchev–Trinajstić information content (AvgIpc) is 2.60. The fraction of sp³-hybridized carbons (Fsp3) is 0. The van der Waals surface area contributed by atoms with E-state index in [0.29, 0.717) is 4.85 Å². The number of pyridine rings is 1. The van der Waals surface area contributed by atoms with E-state index in [1.54, 1.807) is 12.4 Å². The fourth-order valence-corrected chi connectivity index (χ4v) is 0.515. The van der Waals surface area contributed by atoms with Crippen LogP contribution in [-0.4, -0.2) is 25.3 Å². The molecule has 5 heteroatoms. The molecule has 2 aromatic rings. The predicted octanol–water partition coefficient (Wildman–Crippen LogP) is 0.597. The van der Waals surface area contributed by atoms with E-state index in [1.165, 1.54) is 12.4 Å². The van der Waals surface area contributed by atoms with E-state index in [1.807, 2.05) is 18.2 Å². The molecule has 12 heavy (non-hydrogen) atoms. The van der Waals surface area contributed by atoms with E-state index in [2.05, 4.69) is 15.3 Å². The third kappa shape index (κ3) is 3.31. The van der Waals surface area contributed by atoms with Gasteiger partial charge < -0.3 is 5.21 Å². The highest BCUT2D eigenvalue weighted by Crippen LogP contribution is 1.73. The lowest BCUT2D eigenvalue weighted by atomic mass is 10.5. The molecule has 0 aliphatic carbocycles. The Morgan fingerprint density at radius 1 is 1.00 bits per heavy atom. The van der Waals surface area contributed by atoms with Crippen LogP contribution in [0.4, 0.5) is 0 Å². The van der Waals surface area contributed by atoms with E-state index in [-0.39, 0.29) is 0 Å². The molecule has 62 valence electrons. The van der Waals surface area contributed by atoms with Gasteiger partial charge in [0.2, 0.25) is 0 Å². The molecule has 0 atom stereocenters. The second-order valence-corrected chi connectivity index (χ2v) is 1.85. The molecule has 0 saturated carbocycles. The number of aromatic nitrogens is 4. The molecule has 0 saturated heterocycles. The maximum atomic E-state index is 8.22. The van der Waals surface area contributed by atoms with Crippen molar-refractivity contribution in [2.75, 3.05) is 0 Å². The lowest BCUT2D eigenvalue weighted by Gasteiger charge is -1.74. The Kier molecular flexibility index (Phi) is 3.30. The van der Waals surface area contributed by atoms with Crippen LogP contribution in [-0.2, 0) is 0 Å². The molecule has 0 bridgehead atoms. The summed E-state index contributed by atoms with van der Waals surface area (Å²) in [7, 11) is 0. The third-order valence-electron chi connectivity index (χ3n) is 0.976. The largest absolute Gasteiger partial charge is 0.411 e. The first-order valence-electron chi connectivity index (χ1n) is 3.30. The van der Waals surface area contributed by atoms with Gasteiger partial charge in [0.15, 0.2) is 0 Å². The Balaban J connectivity index is 0.000000120. The maximum Gasteiger partial charge on any atom is 0.0868 e. The Labute approximate surface area is 69.3 Å². The average molecular weight is 164 g/mol. The van der Waals surface area contributed by atoms with Gasteiger partial charge in [-0.3, -0.25) is 4.98 Å². The van der Waals surface area contributed by atoms with Crippen molar-refractivity contribution in [3.05, 3.63) is 43.0 Å². The molecular formula is C7H8N4O. The van der Waals surface area contributed by atoms with E-state index < -0.39 is 0 Å². The first kappa shape index (κ1) is 8.19. The van der Waals surface area contributed by atoms with Gasteiger partial charge in [-0.1, -0.05) is 10.9 Å². The van der Waals surface area contributed by atoms with Crippen LogP contribution in [0.1, 0.15) is 0 Å². The fourth-order valence-electron chi connectivity index (χ4n) is 0.515. The smallest absolute Gasteiger partial charge is 0.0868 e. The first-order valence-corrected chi connectivity index (χ1v) is 3.30. The van der Waals surface area contributed by atoms with Gasteiger partial charge in [-0.2, -0.15) is 0 Å². The lowest BCUT2D eigenvalue weighted by molar-refractivity contribution is 0.143. The summed E-state index contributed by atoms with van der Waals surface area (Å²) in [6.07, 6.45) is 6.22. The highest BCUT2D eigenvalue weighted by Gasteiger charge is 1.73. The van der Waals surface area contributed by atoms with E-state index in [4.69, 9.17) is 5.21 Å². The summed E-state index contributed by atoms with van der Waals surface area (Å²) in [6.45, 7) is 0. The van der Waals surface area contributed by atoms with Gasteiger partial charge in [0.25, 0.3) is 0 Å². The zero-order valence-electron chi connectivity index (χ0n) is 6.28. The monoisotopic (exact) mass is 164 g/mol. The molecule has 0 amide bonds. The van der Waals surface area contributed by atoms with Gasteiger partial charge >= 0.3 is 0 Å².